The summed E-state index contributed by atoms with van der Waals surface area (Å²) in [6, 6.07) is 2.96. The maximum absolute atomic E-state index is 13.1. The van der Waals surface area contributed by atoms with Crippen molar-refractivity contribution < 1.29 is 18.3 Å². The van der Waals surface area contributed by atoms with Crippen molar-refractivity contribution in [2.24, 2.45) is 0 Å². The number of halogens is 2. The van der Waals surface area contributed by atoms with E-state index in [1.807, 2.05) is 11.9 Å². The van der Waals surface area contributed by atoms with Crippen LogP contribution < -0.4 is 5.32 Å². The third kappa shape index (κ3) is 6.93. The van der Waals surface area contributed by atoms with Gasteiger partial charge in [-0.3, -0.25) is 9.69 Å². The fraction of sp³-hybridized carbons (Fsp3) is 0.611. The molecule has 1 amide bonds. The second-order valence-electron chi connectivity index (χ2n) is 6.43. The van der Waals surface area contributed by atoms with Crippen molar-refractivity contribution in [1.29, 1.82) is 0 Å². The number of ether oxygens (including phenoxy) is 1. The van der Waals surface area contributed by atoms with Gasteiger partial charge in [0.15, 0.2) is 0 Å². The number of hydrogen-bond acceptors (Lipinski definition) is 3. The lowest BCUT2D eigenvalue weighted by atomic mass is 10.1. The van der Waals surface area contributed by atoms with E-state index in [0.29, 0.717) is 19.3 Å². The molecule has 0 bridgehead atoms. The number of rotatable bonds is 7. The van der Waals surface area contributed by atoms with E-state index in [1.54, 1.807) is 0 Å². The molecular weight excluding hydrogens is 314 g/mol. The number of nitrogens with one attached hydrogen (secondary N) is 1. The van der Waals surface area contributed by atoms with Gasteiger partial charge in [0, 0.05) is 18.3 Å². The summed E-state index contributed by atoms with van der Waals surface area (Å²) < 4.78 is 32.1. The summed E-state index contributed by atoms with van der Waals surface area (Å²) in [4.78, 5) is 13.8. The Kier molecular flexibility index (Phi) is 7.59. The standard InChI is InChI=1S/C18H26F2N2O2/c1-22(8-9-24-17-6-4-2-3-5-7-17)13-18(23)21-16-11-14(19)10-15(20)12-16/h10-12,17H,2-9,13H2,1H3,(H,21,23). The number of hydrogen-bond donors (Lipinski definition) is 1. The largest absolute Gasteiger partial charge is 0.377 e. The predicted octanol–water partition coefficient (Wildman–Crippen LogP) is 3.57. The van der Waals surface area contributed by atoms with Gasteiger partial charge in [0.05, 0.1) is 19.3 Å². The van der Waals surface area contributed by atoms with Crippen molar-refractivity contribution >= 4 is 11.6 Å². The maximum Gasteiger partial charge on any atom is 0.238 e. The Balaban J connectivity index is 1.67. The van der Waals surface area contributed by atoms with Gasteiger partial charge in [-0.15, -0.1) is 0 Å². The van der Waals surface area contributed by atoms with Crippen molar-refractivity contribution in [3.05, 3.63) is 29.8 Å². The molecule has 4 nitrogen and oxygen atoms in total. The zero-order valence-corrected chi connectivity index (χ0v) is 14.2. The summed E-state index contributed by atoms with van der Waals surface area (Å²) in [5.41, 5.74) is 0.126. The van der Waals surface area contributed by atoms with Crippen LogP contribution >= 0.6 is 0 Å². The maximum atomic E-state index is 13.1. The molecule has 1 saturated carbocycles. The quantitative estimate of drug-likeness (QED) is 0.772. The fourth-order valence-electron chi connectivity index (χ4n) is 2.93. The van der Waals surface area contributed by atoms with Gasteiger partial charge in [-0.1, -0.05) is 25.7 Å². The Morgan fingerprint density at radius 1 is 1.17 bits per heavy atom. The second-order valence-corrected chi connectivity index (χ2v) is 6.43. The van der Waals surface area contributed by atoms with Crippen LogP contribution in [0.2, 0.25) is 0 Å². The van der Waals surface area contributed by atoms with Gasteiger partial charge in [-0.05, 0) is 32.0 Å². The summed E-state index contributed by atoms with van der Waals surface area (Å²) in [5.74, 6) is -1.73. The molecule has 134 valence electrons. The van der Waals surface area contributed by atoms with Crippen LogP contribution in [0.25, 0.3) is 0 Å². The molecule has 0 spiro atoms. The highest BCUT2D eigenvalue weighted by Gasteiger charge is 2.13. The number of amides is 1. The molecule has 1 aliphatic rings. The molecule has 1 N–H and O–H groups in total. The highest BCUT2D eigenvalue weighted by Crippen LogP contribution is 2.19. The molecule has 1 aromatic carbocycles. The predicted molar refractivity (Wildman–Crippen MR) is 89.9 cm³/mol. The normalized spacial score (nSPS) is 16.2. The van der Waals surface area contributed by atoms with Gasteiger partial charge in [0.2, 0.25) is 5.91 Å². The number of carbonyl (C=O) groups excluding carboxylic acids is 1. The summed E-state index contributed by atoms with van der Waals surface area (Å²) in [5, 5.41) is 2.50. The van der Waals surface area contributed by atoms with Crippen LogP contribution in [0.3, 0.4) is 0 Å². The number of likely N-dealkylation sites (N-methyl/N-ethyl adjacent to an activating group) is 1. The lowest BCUT2D eigenvalue weighted by Crippen LogP contribution is -2.33. The van der Waals surface area contributed by atoms with Crippen LogP contribution in [0.15, 0.2) is 18.2 Å². The first-order valence-corrected chi connectivity index (χ1v) is 8.59. The Bertz CT molecular complexity index is 512. The lowest BCUT2D eigenvalue weighted by Gasteiger charge is -2.19. The number of nitrogens with zero attached hydrogens (tertiary/aromatic N) is 1. The molecule has 6 heteroatoms. The Morgan fingerprint density at radius 2 is 1.79 bits per heavy atom. The van der Waals surface area contributed by atoms with Crippen LogP contribution in [0.1, 0.15) is 38.5 Å². The van der Waals surface area contributed by atoms with E-state index in [4.69, 9.17) is 4.74 Å². The van der Waals surface area contributed by atoms with Crippen LogP contribution in [0.4, 0.5) is 14.5 Å². The molecule has 0 atom stereocenters. The molecular formula is C18H26F2N2O2. The second kappa shape index (κ2) is 9.69. The van der Waals surface area contributed by atoms with E-state index < -0.39 is 11.6 Å². The van der Waals surface area contributed by atoms with E-state index in [0.717, 1.165) is 31.0 Å². The fourth-order valence-corrected chi connectivity index (χ4v) is 2.93. The third-order valence-electron chi connectivity index (χ3n) is 4.19. The molecule has 24 heavy (non-hydrogen) atoms. The molecule has 0 aliphatic heterocycles. The first-order valence-electron chi connectivity index (χ1n) is 8.59. The first kappa shape index (κ1) is 18.8. The smallest absolute Gasteiger partial charge is 0.238 e. The Morgan fingerprint density at radius 3 is 2.42 bits per heavy atom. The molecule has 1 aromatic rings. The van der Waals surface area contributed by atoms with Crippen LogP contribution in [0, 0.1) is 11.6 Å². The van der Waals surface area contributed by atoms with Gasteiger partial charge < -0.3 is 10.1 Å². The third-order valence-corrected chi connectivity index (χ3v) is 4.19. The summed E-state index contributed by atoms with van der Waals surface area (Å²) in [6.45, 7) is 1.37. The Hall–Kier alpha value is -1.53. The minimum absolute atomic E-state index is 0.126. The van der Waals surface area contributed by atoms with Gasteiger partial charge in [0.1, 0.15) is 11.6 Å². The first-order chi connectivity index (χ1) is 11.5. The van der Waals surface area contributed by atoms with Gasteiger partial charge >= 0.3 is 0 Å². The monoisotopic (exact) mass is 340 g/mol. The molecule has 0 aromatic heterocycles. The molecule has 0 saturated heterocycles. The molecule has 0 unspecified atom stereocenters. The average molecular weight is 340 g/mol. The van der Waals surface area contributed by atoms with Crippen molar-refractivity contribution in [1.82, 2.24) is 4.90 Å². The summed E-state index contributed by atoms with van der Waals surface area (Å²) in [6.07, 6.45) is 7.62. The van der Waals surface area contributed by atoms with Crippen LogP contribution in [-0.4, -0.2) is 43.7 Å². The highest BCUT2D eigenvalue weighted by molar-refractivity contribution is 5.92. The van der Waals surface area contributed by atoms with Crippen LogP contribution in [-0.2, 0) is 9.53 Å². The molecule has 0 radical (unpaired) electrons. The minimum Gasteiger partial charge on any atom is -0.377 e. The van der Waals surface area contributed by atoms with E-state index in [1.165, 1.54) is 25.7 Å². The van der Waals surface area contributed by atoms with Gasteiger partial charge in [-0.25, -0.2) is 8.78 Å². The van der Waals surface area contributed by atoms with Crippen molar-refractivity contribution in [3.63, 3.8) is 0 Å². The Labute approximate surface area is 142 Å². The highest BCUT2D eigenvalue weighted by atomic mass is 19.1. The number of carbonyl (C=O) groups is 1. The summed E-state index contributed by atoms with van der Waals surface area (Å²) in [7, 11) is 1.82. The molecule has 0 heterocycles. The SMILES string of the molecule is CN(CCOC1CCCCCC1)CC(=O)Nc1cc(F)cc(F)c1. The summed E-state index contributed by atoms with van der Waals surface area (Å²) >= 11 is 0. The lowest BCUT2D eigenvalue weighted by molar-refractivity contribution is -0.117. The minimum atomic E-state index is -0.713. The van der Waals surface area contributed by atoms with Crippen LogP contribution in [0.5, 0.6) is 0 Å². The molecule has 2 rings (SSSR count). The van der Waals surface area contributed by atoms with E-state index in [9.17, 15) is 13.6 Å². The number of benzene rings is 1. The van der Waals surface area contributed by atoms with E-state index in [-0.39, 0.29) is 18.1 Å². The van der Waals surface area contributed by atoms with Crippen molar-refractivity contribution in [2.45, 2.75) is 44.6 Å². The zero-order valence-electron chi connectivity index (χ0n) is 14.2. The van der Waals surface area contributed by atoms with Crippen molar-refractivity contribution in [3.8, 4) is 0 Å². The zero-order chi connectivity index (χ0) is 17.4. The van der Waals surface area contributed by atoms with E-state index >= 15 is 0 Å². The molecule has 1 fully saturated rings. The van der Waals surface area contributed by atoms with Crippen molar-refractivity contribution in [2.75, 3.05) is 32.1 Å². The van der Waals surface area contributed by atoms with Gasteiger partial charge in [-0.2, -0.15) is 0 Å². The van der Waals surface area contributed by atoms with E-state index in [2.05, 4.69) is 5.32 Å². The topological polar surface area (TPSA) is 41.6 Å². The van der Waals surface area contributed by atoms with Gasteiger partial charge in [0.25, 0.3) is 0 Å². The average Bonchev–Trinajstić information content (AvgIpc) is 2.74. The molecule has 1 aliphatic carbocycles. The number of anilines is 1.